The summed E-state index contributed by atoms with van der Waals surface area (Å²) in [6.45, 7) is 2.60. The zero-order valence-corrected chi connectivity index (χ0v) is 15.2. The highest BCUT2D eigenvalue weighted by atomic mass is 35.5. The second-order valence-electron chi connectivity index (χ2n) is 6.42. The second-order valence-corrected chi connectivity index (χ2v) is 6.86. The Labute approximate surface area is 158 Å². The summed E-state index contributed by atoms with van der Waals surface area (Å²) in [5, 5.41) is 3.97. The van der Waals surface area contributed by atoms with Gasteiger partial charge in [-0.15, -0.1) is 0 Å². The number of hydrogen-bond donors (Lipinski definition) is 1. The summed E-state index contributed by atoms with van der Waals surface area (Å²) in [6, 6.07) is 26.6. The van der Waals surface area contributed by atoms with Crippen molar-refractivity contribution in [2.45, 2.75) is 19.1 Å². The maximum atomic E-state index is 6.34. The molecule has 0 saturated heterocycles. The molecule has 0 aliphatic carbocycles. The van der Waals surface area contributed by atoms with Crippen LogP contribution in [0.1, 0.15) is 23.6 Å². The molecule has 1 aliphatic heterocycles. The van der Waals surface area contributed by atoms with Gasteiger partial charge in [-0.25, -0.2) is 4.99 Å². The lowest BCUT2D eigenvalue weighted by Gasteiger charge is -2.38. The van der Waals surface area contributed by atoms with E-state index in [2.05, 4.69) is 41.5 Å². The first-order chi connectivity index (χ1) is 12.6. The molecular formula is C22H19ClN2O. The molecule has 3 nitrogen and oxygen atoms in total. The molecule has 0 fully saturated rings. The largest absolute Gasteiger partial charge is 0.449 e. The van der Waals surface area contributed by atoms with Crippen LogP contribution >= 0.6 is 11.6 Å². The van der Waals surface area contributed by atoms with Crippen molar-refractivity contribution in [1.29, 1.82) is 0 Å². The Kier molecular flexibility index (Phi) is 4.39. The predicted octanol–water partition coefficient (Wildman–Crippen LogP) is 5.60. The van der Waals surface area contributed by atoms with Gasteiger partial charge in [0.15, 0.2) is 5.60 Å². The molecule has 0 spiro atoms. The van der Waals surface area contributed by atoms with Crippen LogP contribution in [0.25, 0.3) is 0 Å². The summed E-state index contributed by atoms with van der Waals surface area (Å²) in [6.07, 6.45) is 0. The third-order valence-electron chi connectivity index (χ3n) is 4.61. The van der Waals surface area contributed by atoms with Crippen molar-refractivity contribution < 1.29 is 4.74 Å². The number of aliphatic imine (C=N–C) groups is 1. The van der Waals surface area contributed by atoms with Gasteiger partial charge in [-0.1, -0.05) is 72.3 Å². The number of benzene rings is 3. The van der Waals surface area contributed by atoms with Gasteiger partial charge in [-0.3, -0.25) is 0 Å². The maximum absolute atomic E-state index is 6.34. The molecule has 0 bridgehead atoms. The minimum absolute atomic E-state index is 0.509. The Balaban J connectivity index is 1.75. The minimum atomic E-state index is -0.664. The Hall–Kier alpha value is -2.78. The molecule has 0 saturated carbocycles. The van der Waals surface area contributed by atoms with Gasteiger partial charge in [0, 0.05) is 16.3 Å². The number of fused-ring (bicyclic) bond motifs is 1. The molecule has 26 heavy (non-hydrogen) atoms. The molecule has 3 aromatic rings. The number of anilines is 1. The highest BCUT2D eigenvalue weighted by molar-refractivity contribution is 6.30. The van der Waals surface area contributed by atoms with Gasteiger partial charge in [0.1, 0.15) is 0 Å². The second kappa shape index (κ2) is 6.85. The summed E-state index contributed by atoms with van der Waals surface area (Å²) in [5.41, 5.74) is 3.47. The van der Waals surface area contributed by atoms with E-state index in [0.717, 1.165) is 22.4 Å². The van der Waals surface area contributed by atoms with Crippen molar-refractivity contribution in [2.24, 2.45) is 4.99 Å². The van der Waals surface area contributed by atoms with Crippen LogP contribution in [0.3, 0.4) is 0 Å². The van der Waals surface area contributed by atoms with Crippen LogP contribution in [-0.2, 0) is 16.9 Å². The lowest BCUT2D eigenvalue weighted by atomic mass is 9.86. The first-order valence-corrected chi connectivity index (χ1v) is 8.93. The fourth-order valence-electron chi connectivity index (χ4n) is 3.20. The van der Waals surface area contributed by atoms with E-state index in [0.29, 0.717) is 17.6 Å². The maximum Gasteiger partial charge on any atom is 0.290 e. The van der Waals surface area contributed by atoms with Crippen molar-refractivity contribution in [3.8, 4) is 0 Å². The summed E-state index contributed by atoms with van der Waals surface area (Å²) in [7, 11) is 0. The topological polar surface area (TPSA) is 33.6 Å². The van der Waals surface area contributed by atoms with Crippen LogP contribution in [0.4, 0.5) is 5.69 Å². The smallest absolute Gasteiger partial charge is 0.290 e. The summed E-state index contributed by atoms with van der Waals surface area (Å²) < 4.78 is 6.34. The van der Waals surface area contributed by atoms with Crippen molar-refractivity contribution in [3.63, 3.8) is 0 Å². The Morgan fingerprint density at radius 2 is 1.65 bits per heavy atom. The molecule has 1 atom stereocenters. The van der Waals surface area contributed by atoms with E-state index in [1.54, 1.807) is 0 Å². The number of ether oxygens (including phenoxy) is 1. The lowest BCUT2D eigenvalue weighted by Crippen LogP contribution is -2.39. The fraction of sp³-hybridized carbons (Fsp3) is 0.136. The molecule has 0 amide bonds. The molecule has 1 unspecified atom stereocenters. The highest BCUT2D eigenvalue weighted by Crippen LogP contribution is 2.42. The zero-order chi connectivity index (χ0) is 18.0. The minimum Gasteiger partial charge on any atom is -0.449 e. The van der Waals surface area contributed by atoms with E-state index < -0.39 is 5.60 Å². The van der Waals surface area contributed by atoms with E-state index in [9.17, 15) is 0 Å². The molecule has 4 heteroatoms. The number of nitrogens with one attached hydrogen (secondary N) is 1. The average molecular weight is 363 g/mol. The SMILES string of the molecule is CC1(c2ccccc2)OC(=NCc2ccccc2)Nc2ccc(Cl)cc21. The third-order valence-corrected chi connectivity index (χ3v) is 4.85. The number of amidine groups is 1. The standard InChI is InChI=1S/C22H19ClN2O/c1-22(17-10-6-3-7-11-17)19-14-18(23)12-13-20(19)25-21(26-22)24-15-16-8-4-2-5-9-16/h2-14H,15H2,1H3,(H,24,25). The molecule has 1 heterocycles. The zero-order valence-electron chi connectivity index (χ0n) is 14.4. The molecule has 1 N–H and O–H groups in total. The summed E-state index contributed by atoms with van der Waals surface area (Å²) in [4.78, 5) is 4.65. The normalized spacial score (nSPS) is 20.2. The van der Waals surface area contributed by atoms with E-state index in [1.165, 1.54) is 0 Å². The quantitative estimate of drug-likeness (QED) is 0.657. The van der Waals surface area contributed by atoms with Crippen molar-refractivity contribution >= 4 is 23.3 Å². The first-order valence-electron chi connectivity index (χ1n) is 8.55. The predicted molar refractivity (Wildman–Crippen MR) is 107 cm³/mol. The molecule has 1 aliphatic rings. The van der Waals surface area contributed by atoms with Crippen LogP contribution in [0.2, 0.25) is 5.02 Å². The number of nitrogens with zero attached hydrogens (tertiary/aromatic N) is 1. The van der Waals surface area contributed by atoms with Gasteiger partial charge in [0.25, 0.3) is 6.02 Å². The highest BCUT2D eigenvalue weighted by Gasteiger charge is 2.38. The lowest BCUT2D eigenvalue weighted by molar-refractivity contribution is 0.112. The molecular weight excluding hydrogens is 344 g/mol. The van der Waals surface area contributed by atoms with Gasteiger partial charge in [-0.2, -0.15) is 0 Å². The molecule has 4 rings (SSSR count). The van der Waals surface area contributed by atoms with Crippen LogP contribution in [0.5, 0.6) is 0 Å². The Morgan fingerprint density at radius 3 is 2.38 bits per heavy atom. The van der Waals surface area contributed by atoms with Crippen LogP contribution in [0, 0.1) is 0 Å². The van der Waals surface area contributed by atoms with Crippen molar-refractivity contribution in [3.05, 3.63) is 101 Å². The third kappa shape index (κ3) is 3.18. The molecule has 3 aromatic carbocycles. The van der Waals surface area contributed by atoms with Crippen LogP contribution in [0.15, 0.2) is 83.9 Å². The van der Waals surface area contributed by atoms with Gasteiger partial charge >= 0.3 is 0 Å². The number of rotatable bonds is 3. The first kappa shape index (κ1) is 16.7. The Bertz CT molecular complexity index is 941. The summed E-state index contributed by atoms with van der Waals surface area (Å²) in [5.74, 6) is 0. The van der Waals surface area contributed by atoms with Crippen molar-refractivity contribution in [2.75, 3.05) is 5.32 Å². The van der Waals surface area contributed by atoms with Gasteiger partial charge in [0.2, 0.25) is 0 Å². The summed E-state index contributed by atoms with van der Waals surface area (Å²) >= 11 is 6.26. The van der Waals surface area contributed by atoms with Crippen molar-refractivity contribution in [1.82, 2.24) is 0 Å². The molecule has 0 radical (unpaired) electrons. The number of hydrogen-bond acceptors (Lipinski definition) is 2. The van der Waals surface area contributed by atoms with Gasteiger partial charge in [-0.05, 0) is 36.2 Å². The van der Waals surface area contributed by atoms with E-state index in [-0.39, 0.29) is 0 Å². The molecule has 130 valence electrons. The van der Waals surface area contributed by atoms with Crippen LogP contribution < -0.4 is 5.32 Å². The molecule has 0 aromatic heterocycles. The van der Waals surface area contributed by atoms with E-state index in [4.69, 9.17) is 16.3 Å². The fourth-order valence-corrected chi connectivity index (χ4v) is 3.37. The average Bonchev–Trinajstić information content (AvgIpc) is 2.68. The van der Waals surface area contributed by atoms with E-state index >= 15 is 0 Å². The van der Waals surface area contributed by atoms with Gasteiger partial charge in [0.05, 0.1) is 6.54 Å². The number of halogens is 1. The van der Waals surface area contributed by atoms with Crippen LogP contribution in [-0.4, -0.2) is 6.02 Å². The monoisotopic (exact) mass is 362 g/mol. The Morgan fingerprint density at radius 1 is 0.962 bits per heavy atom. The van der Waals surface area contributed by atoms with Gasteiger partial charge < -0.3 is 10.1 Å². The van der Waals surface area contributed by atoms with E-state index in [1.807, 2.05) is 54.6 Å².